The van der Waals surface area contributed by atoms with Crippen LogP contribution in [0.1, 0.15) is 44.7 Å². The number of rotatable bonds is 2. The maximum absolute atomic E-state index is 3.59. The lowest BCUT2D eigenvalue weighted by Crippen LogP contribution is -2.48. The van der Waals surface area contributed by atoms with Gasteiger partial charge in [0, 0.05) is 5.54 Å². The SMILES string of the molecule is CNC1(c2ccc(C(C)(C)C)cc2)CCN(C)CC1. The molecular formula is C17H28N2. The van der Waals surface area contributed by atoms with Crippen LogP contribution in [0.4, 0.5) is 0 Å². The van der Waals surface area contributed by atoms with E-state index in [1.165, 1.54) is 37.1 Å². The molecule has 19 heavy (non-hydrogen) atoms. The second kappa shape index (κ2) is 5.26. The maximum Gasteiger partial charge on any atom is 0.0456 e. The molecule has 0 saturated carbocycles. The number of hydrogen-bond acceptors (Lipinski definition) is 2. The van der Waals surface area contributed by atoms with E-state index in [4.69, 9.17) is 0 Å². The molecule has 0 radical (unpaired) electrons. The third kappa shape index (κ3) is 3.01. The Morgan fingerprint density at radius 1 is 1.05 bits per heavy atom. The van der Waals surface area contributed by atoms with Crippen LogP contribution in [0.2, 0.25) is 0 Å². The van der Waals surface area contributed by atoms with E-state index >= 15 is 0 Å². The van der Waals surface area contributed by atoms with Gasteiger partial charge in [-0.15, -0.1) is 0 Å². The van der Waals surface area contributed by atoms with E-state index in [-0.39, 0.29) is 11.0 Å². The van der Waals surface area contributed by atoms with E-state index in [1.807, 2.05) is 0 Å². The summed E-state index contributed by atoms with van der Waals surface area (Å²) in [7, 11) is 4.31. The largest absolute Gasteiger partial charge is 0.310 e. The zero-order valence-electron chi connectivity index (χ0n) is 13.1. The molecule has 1 aliphatic heterocycles. The van der Waals surface area contributed by atoms with E-state index in [2.05, 4.69) is 69.3 Å². The van der Waals surface area contributed by atoms with Crippen molar-refractivity contribution in [2.24, 2.45) is 0 Å². The van der Waals surface area contributed by atoms with Gasteiger partial charge in [-0.2, -0.15) is 0 Å². The Morgan fingerprint density at radius 3 is 2.00 bits per heavy atom. The van der Waals surface area contributed by atoms with Crippen molar-refractivity contribution in [3.05, 3.63) is 35.4 Å². The van der Waals surface area contributed by atoms with Crippen LogP contribution in [-0.4, -0.2) is 32.1 Å². The van der Waals surface area contributed by atoms with Gasteiger partial charge in [0.2, 0.25) is 0 Å². The predicted molar refractivity (Wildman–Crippen MR) is 82.6 cm³/mol. The molecule has 0 amide bonds. The maximum atomic E-state index is 3.59. The van der Waals surface area contributed by atoms with Crippen molar-refractivity contribution in [3.63, 3.8) is 0 Å². The van der Waals surface area contributed by atoms with Crippen LogP contribution in [0.3, 0.4) is 0 Å². The molecule has 1 N–H and O–H groups in total. The first-order chi connectivity index (χ1) is 8.87. The van der Waals surface area contributed by atoms with Gasteiger partial charge in [-0.05, 0) is 56.6 Å². The van der Waals surface area contributed by atoms with Crippen molar-refractivity contribution in [3.8, 4) is 0 Å². The molecule has 0 atom stereocenters. The number of likely N-dealkylation sites (tertiary alicyclic amines) is 1. The molecular weight excluding hydrogens is 232 g/mol. The van der Waals surface area contributed by atoms with Crippen molar-refractivity contribution >= 4 is 0 Å². The number of hydrogen-bond donors (Lipinski definition) is 1. The molecule has 1 aromatic carbocycles. The Labute approximate surface area is 118 Å². The van der Waals surface area contributed by atoms with E-state index in [1.54, 1.807) is 0 Å². The Hall–Kier alpha value is -0.860. The lowest BCUT2D eigenvalue weighted by Gasteiger charge is -2.41. The Morgan fingerprint density at radius 2 is 1.58 bits per heavy atom. The quantitative estimate of drug-likeness (QED) is 0.879. The van der Waals surface area contributed by atoms with Crippen LogP contribution in [0.5, 0.6) is 0 Å². The second-order valence-electron chi connectivity index (χ2n) is 6.96. The number of nitrogens with zero attached hydrogens (tertiary/aromatic N) is 1. The molecule has 1 aliphatic rings. The van der Waals surface area contributed by atoms with Crippen molar-refractivity contribution in [2.45, 2.75) is 44.6 Å². The summed E-state index contributed by atoms with van der Waals surface area (Å²) in [4.78, 5) is 2.42. The summed E-state index contributed by atoms with van der Waals surface area (Å²) >= 11 is 0. The highest BCUT2D eigenvalue weighted by Crippen LogP contribution is 2.33. The molecule has 0 aliphatic carbocycles. The molecule has 0 unspecified atom stereocenters. The first-order valence-corrected chi connectivity index (χ1v) is 7.36. The first-order valence-electron chi connectivity index (χ1n) is 7.36. The number of benzene rings is 1. The fourth-order valence-corrected chi connectivity index (χ4v) is 2.97. The van der Waals surface area contributed by atoms with Crippen molar-refractivity contribution in [2.75, 3.05) is 27.2 Å². The van der Waals surface area contributed by atoms with Gasteiger partial charge in [0.05, 0.1) is 0 Å². The number of nitrogens with one attached hydrogen (secondary N) is 1. The lowest BCUT2D eigenvalue weighted by atomic mass is 9.79. The van der Waals surface area contributed by atoms with Gasteiger partial charge >= 0.3 is 0 Å². The van der Waals surface area contributed by atoms with Gasteiger partial charge in [-0.25, -0.2) is 0 Å². The van der Waals surface area contributed by atoms with E-state index < -0.39 is 0 Å². The highest BCUT2D eigenvalue weighted by atomic mass is 15.1. The second-order valence-corrected chi connectivity index (χ2v) is 6.96. The zero-order valence-corrected chi connectivity index (χ0v) is 13.1. The van der Waals surface area contributed by atoms with E-state index in [0.717, 1.165) is 0 Å². The third-order valence-corrected chi connectivity index (χ3v) is 4.62. The highest BCUT2D eigenvalue weighted by Gasteiger charge is 2.33. The summed E-state index contributed by atoms with van der Waals surface area (Å²) < 4.78 is 0. The molecule has 2 nitrogen and oxygen atoms in total. The molecule has 1 fully saturated rings. The Bertz CT molecular complexity index is 406. The molecule has 106 valence electrons. The average Bonchev–Trinajstić information content (AvgIpc) is 2.39. The molecule has 0 bridgehead atoms. The first kappa shape index (κ1) is 14.5. The predicted octanol–water partition coefficient (Wildman–Crippen LogP) is 3.12. The molecule has 1 saturated heterocycles. The van der Waals surface area contributed by atoms with Crippen molar-refractivity contribution < 1.29 is 0 Å². The summed E-state index contributed by atoms with van der Waals surface area (Å²) in [5.74, 6) is 0. The van der Waals surface area contributed by atoms with Crippen LogP contribution in [0.15, 0.2) is 24.3 Å². The van der Waals surface area contributed by atoms with Gasteiger partial charge in [0.1, 0.15) is 0 Å². The smallest absolute Gasteiger partial charge is 0.0456 e. The van der Waals surface area contributed by atoms with Gasteiger partial charge in [0.15, 0.2) is 0 Å². The van der Waals surface area contributed by atoms with E-state index in [9.17, 15) is 0 Å². The topological polar surface area (TPSA) is 15.3 Å². The third-order valence-electron chi connectivity index (χ3n) is 4.62. The monoisotopic (exact) mass is 260 g/mol. The minimum Gasteiger partial charge on any atom is -0.310 e. The van der Waals surface area contributed by atoms with E-state index in [0.29, 0.717) is 0 Å². The molecule has 0 aromatic heterocycles. The minimum absolute atomic E-state index is 0.170. The number of piperidine rings is 1. The fourth-order valence-electron chi connectivity index (χ4n) is 2.97. The lowest BCUT2D eigenvalue weighted by molar-refractivity contribution is 0.164. The summed E-state index contributed by atoms with van der Waals surface area (Å²) in [6, 6.07) is 9.24. The summed E-state index contributed by atoms with van der Waals surface area (Å²) in [5.41, 5.74) is 3.26. The van der Waals surface area contributed by atoms with Gasteiger partial charge in [-0.3, -0.25) is 0 Å². The van der Waals surface area contributed by atoms with Crippen molar-refractivity contribution in [1.82, 2.24) is 10.2 Å². The Balaban J connectivity index is 2.25. The summed E-state index contributed by atoms with van der Waals surface area (Å²) in [5, 5.41) is 3.59. The summed E-state index contributed by atoms with van der Waals surface area (Å²) in [6.07, 6.45) is 2.38. The fraction of sp³-hybridized carbons (Fsp3) is 0.647. The van der Waals surface area contributed by atoms with Crippen LogP contribution in [0, 0.1) is 0 Å². The standard InChI is InChI=1S/C17H28N2/c1-16(2,3)14-6-8-15(9-7-14)17(18-4)10-12-19(5)13-11-17/h6-9,18H,10-13H2,1-5H3. The average molecular weight is 260 g/mol. The van der Waals surface area contributed by atoms with Crippen LogP contribution in [-0.2, 0) is 11.0 Å². The minimum atomic E-state index is 0.170. The molecule has 1 aromatic rings. The summed E-state index contributed by atoms with van der Waals surface area (Å²) in [6.45, 7) is 9.14. The van der Waals surface area contributed by atoms with Crippen LogP contribution in [0.25, 0.3) is 0 Å². The Kier molecular flexibility index (Phi) is 4.03. The molecule has 2 heteroatoms. The molecule has 1 heterocycles. The van der Waals surface area contributed by atoms with Gasteiger partial charge in [0.25, 0.3) is 0 Å². The zero-order chi connectivity index (χ0) is 14.1. The highest BCUT2D eigenvalue weighted by molar-refractivity contribution is 5.32. The van der Waals surface area contributed by atoms with Crippen LogP contribution < -0.4 is 5.32 Å². The van der Waals surface area contributed by atoms with Crippen molar-refractivity contribution in [1.29, 1.82) is 0 Å². The molecule has 0 spiro atoms. The normalized spacial score (nSPS) is 20.5. The van der Waals surface area contributed by atoms with Gasteiger partial charge < -0.3 is 10.2 Å². The van der Waals surface area contributed by atoms with Gasteiger partial charge in [-0.1, -0.05) is 45.0 Å². The van der Waals surface area contributed by atoms with Crippen LogP contribution >= 0.6 is 0 Å². The molecule has 2 rings (SSSR count).